The van der Waals surface area contributed by atoms with Gasteiger partial charge in [0.15, 0.2) is 0 Å². The number of benzene rings is 1. The quantitative estimate of drug-likeness (QED) is 0.749. The molecule has 0 aromatic heterocycles. The highest BCUT2D eigenvalue weighted by Gasteiger charge is 2.49. The Morgan fingerprint density at radius 2 is 1.67 bits per heavy atom. The number of aliphatic hydroxyl groups is 1. The predicted octanol–water partition coefficient (Wildman–Crippen LogP) is 4.65. The molecule has 0 amide bonds. The van der Waals surface area contributed by atoms with Crippen LogP contribution in [0.5, 0.6) is 0 Å². The Bertz CT molecular complexity index is 507. The van der Waals surface area contributed by atoms with Crippen molar-refractivity contribution in [3.8, 4) is 0 Å². The molecule has 2 atom stereocenters. The predicted molar refractivity (Wildman–Crippen MR) is 63.4 cm³/mol. The molecular formula is C14H14F6O. The van der Waals surface area contributed by atoms with Crippen molar-refractivity contribution >= 4 is 0 Å². The first-order valence-electron chi connectivity index (χ1n) is 6.50. The first-order chi connectivity index (χ1) is 9.54. The minimum atomic E-state index is -4.71. The van der Waals surface area contributed by atoms with Crippen molar-refractivity contribution in [1.82, 2.24) is 0 Å². The van der Waals surface area contributed by atoms with Gasteiger partial charge in [-0.15, -0.1) is 0 Å². The zero-order chi connectivity index (χ0) is 15.9. The molecule has 0 saturated heterocycles. The van der Waals surface area contributed by atoms with Gasteiger partial charge in [-0.3, -0.25) is 0 Å². The highest BCUT2D eigenvalue weighted by Crippen LogP contribution is 2.48. The molecule has 1 aliphatic rings. The van der Waals surface area contributed by atoms with Crippen molar-refractivity contribution in [3.05, 3.63) is 35.4 Å². The van der Waals surface area contributed by atoms with Gasteiger partial charge >= 0.3 is 12.4 Å². The first-order valence-corrected chi connectivity index (χ1v) is 6.50. The second kappa shape index (κ2) is 5.19. The molecule has 0 heterocycles. The van der Waals surface area contributed by atoms with Crippen LogP contribution in [0, 0.1) is 5.92 Å². The Morgan fingerprint density at radius 3 is 2.24 bits per heavy atom. The van der Waals surface area contributed by atoms with E-state index in [9.17, 15) is 31.4 Å². The van der Waals surface area contributed by atoms with Crippen molar-refractivity contribution in [1.29, 1.82) is 0 Å². The van der Waals surface area contributed by atoms with Crippen LogP contribution in [0.2, 0.25) is 0 Å². The van der Waals surface area contributed by atoms with Crippen LogP contribution in [0.3, 0.4) is 0 Å². The van der Waals surface area contributed by atoms with E-state index in [-0.39, 0.29) is 19.3 Å². The third kappa shape index (κ3) is 3.33. The molecule has 1 N–H and O–H groups in total. The second-order valence-corrected chi connectivity index (χ2v) is 5.41. The fraction of sp³-hybridized carbons (Fsp3) is 0.571. The van der Waals surface area contributed by atoms with E-state index >= 15 is 0 Å². The van der Waals surface area contributed by atoms with Gasteiger partial charge in [-0.2, -0.15) is 26.3 Å². The van der Waals surface area contributed by atoms with Crippen LogP contribution in [0.25, 0.3) is 0 Å². The van der Waals surface area contributed by atoms with E-state index in [1.54, 1.807) is 0 Å². The molecule has 0 bridgehead atoms. The van der Waals surface area contributed by atoms with Crippen molar-refractivity contribution in [2.75, 3.05) is 0 Å². The monoisotopic (exact) mass is 312 g/mol. The van der Waals surface area contributed by atoms with Gasteiger partial charge in [0.25, 0.3) is 0 Å². The lowest BCUT2D eigenvalue weighted by molar-refractivity contribution is -0.202. The molecule has 7 heteroatoms. The SMILES string of the molecule is OC1(c2ccccc2C(F)(F)F)CCCC(C(F)(F)F)C1. The summed E-state index contributed by atoms with van der Waals surface area (Å²) >= 11 is 0. The Hall–Kier alpha value is -1.24. The van der Waals surface area contributed by atoms with Gasteiger partial charge < -0.3 is 5.11 Å². The number of hydrogen-bond acceptors (Lipinski definition) is 1. The van der Waals surface area contributed by atoms with Gasteiger partial charge in [-0.1, -0.05) is 18.2 Å². The first kappa shape index (κ1) is 16.1. The van der Waals surface area contributed by atoms with Crippen LogP contribution >= 0.6 is 0 Å². The fourth-order valence-electron chi connectivity index (χ4n) is 2.91. The molecule has 1 aromatic rings. The molecular weight excluding hydrogens is 298 g/mol. The van der Waals surface area contributed by atoms with Crippen LogP contribution < -0.4 is 0 Å². The Kier molecular flexibility index (Phi) is 3.99. The molecule has 21 heavy (non-hydrogen) atoms. The lowest BCUT2D eigenvalue weighted by atomic mass is 9.73. The van der Waals surface area contributed by atoms with Gasteiger partial charge in [0.1, 0.15) is 0 Å². The normalized spacial score (nSPS) is 27.7. The van der Waals surface area contributed by atoms with Gasteiger partial charge in [0, 0.05) is 0 Å². The van der Waals surface area contributed by atoms with E-state index in [0.29, 0.717) is 0 Å². The number of rotatable bonds is 1. The summed E-state index contributed by atoms with van der Waals surface area (Å²) in [4.78, 5) is 0. The number of hydrogen-bond donors (Lipinski definition) is 1. The van der Waals surface area contributed by atoms with Crippen LogP contribution in [0.1, 0.15) is 36.8 Å². The van der Waals surface area contributed by atoms with Crippen LogP contribution in [-0.2, 0) is 11.8 Å². The summed E-state index contributed by atoms with van der Waals surface area (Å²) in [6, 6.07) is 4.28. The van der Waals surface area contributed by atoms with E-state index in [0.717, 1.165) is 18.2 Å². The molecule has 0 aliphatic heterocycles. The van der Waals surface area contributed by atoms with Crippen LogP contribution in [0.4, 0.5) is 26.3 Å². The molecule has 1 saturated carbocycles. The van der Waals surface area contributed by atoms with Gasteiger partial charge in [0.05, 0.1) is 17.1 Å². The molecule has 1 fully saturated rings. The minimum Gasteiger partial charge on any atom is -0.385 e. The third-order valence-corrected chi connectivity index (χ3v) is 3.92. The molecule has 0 spiro atoms. The zero-order valence-electron chi connectivity index (χ0n) is 10.9. The fourth-order valence-corrected chi connectivity index (χ4v) is 2.91. The highest BCUT2D eigenvalue weighted by atomic mass is 19.4. The summed E-state index contributed by atoms with van der Waals surface area (Å²) in [5, 5.41) is 10.4. The van der Waals surface area contributed by atoms with Gasteiger partial charge in [0.2, 0.25) is 0 Å². The van der Waals surface area contributed by atoms with Gasteiger partial charge in [-0.05, 0) is 37.3 Å². The summed E-state index contributed by atoms with van der Waals surface area (Å²) in [6.45, 7) is 0. The molecule has 1 nitrogen and oxygen atoms in total. The Balaban J connectivity index is 2.41. The summed E-state index contributed by atoms with van der Waals surface area (Å²) in [5.74, 6) is -1.78. The molecule has 0 radical (unpaired) electrons. The largest absolute Gasteiger partial charge is 0.416 e. The van der Waals surface area contributed by atoms with E-state index in [1.165, 1.54) is 6.07 Å². The Labute approximate surface area is 117 Å². The van der Waals surface area contributed by atoms with Crippen LogP contribution in [0.15, 0.2) is 24.3 Å². The van der Waals surface area contributed by atoms with E-state index in [1.807, 2.05) is 0 Å². The maximum atomic E-state index is 13.0. The van der Waals surface area contributed by atoms with Gasteiger partial charge in [-0.25, -0.2) is 0 Å². The summed E-state index contributed by atoms with van der Waals surface area (Å²) in [5.41, 5.74) is -3.63. The lowest BCUT2D eigenvalue weighted by Crippen LogP contribution is -2.39. The number of halogens is 6. The average molecular weight is 312 g/mol. The van der Waals surface area contributed by atoms with E-state index in [4.69, 9.17) is 0 Å². The van der Waals surface area contributed by atoms with Crippen LogP contribution in [-0.4, -0.2) is 11.3 Å². The third-order valence-electron chi connectivity index (χ3n) is 3.92. The Morgan fingerprint density at radius 1 is 1.05 bits per heavy atom. The highest BCUT2D eigenvalue weighted by molar-refractivity contribution is 5.35. The smallest absolute Gasteiger partial charge is 0.385 e. The van der Waals surface area contributed by atoms with E-state index < -0.39 is 41.4 Å². The maximum Gasteiger partial charge on any atom is 0.416 e. The number of alkyl halides is 6. The molecule has 1 aromatic carbocycles. The molecule has 118 valence electrons. The molecule has 1 aliphatic carbocycles. The summed E-state index contributed by atoms with van der Waals surface area (Å²) in [6.07, 6.45) is -10.2. The van der Waals surface area contributed by atoms with Crippen molar-refractivity contribution in [2.24, 2.45) is 5.92 Å². The van der Waals surface area contributed by atoms with Crippen molar-refractivity contribution in [3.63, 3.8) is 0 Å². The minimum absolute atomic E-state index is 0.0346. The summed E-state index contributed by atoms with van der Waals surface area (Å²) in [7, 11) is 0. The van der Waals surface area contributed by atoms with Crippen molar-refractivity contribution < 1.29 is 31.4 Å². The topological polar surface area (TPSA) is 20.2 Å². The lowest BCUT2D eigenvalue weighted by Gasteiger charge is -2.39. The molecule has 2 unspecified atom stereocenters. The zero-order valence-corrected chi connectivity index (χ0v) is 10.9. The van der Waals surface area contributed by atoms with Crippen molar-refractivity contribution in [2.45, 2.75) is 43.6 Å². The maximum absolute atomic E-state index is 13.0. The average Bonchev–Trinajstić information content (AvgIpc) is 2.37. The summed E-state index contributed by atoms with van der Waals surface area (Å²) < 4.78 is 77.3. The standard InChI is InChI=1S/C14H14F6O/c15-13(16,17)9-4-3-7-12(21,8-9)10-5-1-2-6-11(10)14(18,19)20/h1-2,5-6,9,21H,3-4,7-8H2. The second-order valence-electron chi connectivity index (χ2n) is 5.41. The van der Waals surface area contributed by atoms with E-state index in [2.05, 4.69) is 0 Å². The molecule has 2 rings (SSSR count).